The zero-order valence-corrected chi connectivity index (χ0v) is 12.9. The van der Waals surface area contributed by atoms with Gasteiger partial charge >= 0.3 is 0 Å². The van der Waals surface area contributed by atoms with Crippen LogP contribution < -0.4 is 0 Å². The Morgan fingerprint density at radius 1 is 1.30 bits per heavy atom. The highest BCUT2D eigenvalue weighted by molar-refractivity contribution is 7.19. The van der Waals surface area contributed by atoms with Crippen molar-refractivity contribution in [1.82, 2.24) is 19.6 Å². The lowest BCUT2D eigenvalue weighted by Gasteiger charge is -2.33. The van der Waals surface area contributed by atoms with E-state index >= 15 is 0 Å². The van der Waals surface area contributed by atoms with Gasteiger partial charge in [-0.15, -0.1) is 21.5 Å². The standard InChI is InChI=1S/C15H18N4S/c1-15(2,3)9-4-5-10-11(6-9)20-14-12(10)13-18-17-8-19(13)7-16-14/h7-9H,4-6H2,1-3H3. The fraction of sp³-hybridized carbons (Fsp3) is 0.533. The third-order valence-electron chi connectivity index (χ3n) is 4.57. The molecule has 0 saturated heterocycles. The molecule has 1 aliphatic carbocycles. The van der Waals surface area contributed by atoms with E-state index in [1.54, 1.807) is 6.33 Å². The molecule has 0 radical (unpaired) electrons. The fourth-order valence-corrected chi connectivity index (χ4v) is 4.51. The quantitative estimate of drug-likeness (QED) is 0.635. The Morgan fingerprint density at radius 3 is 2.95 bits per heavy atom. The first kappa shape index (κ1) is 12.3. The van der Waals surface area contributed by atoms with Crippen LogP contribution >= 0.6 is 11.3 Å². The summed E-state index contributed by atoms with van der Waals surface area (Å²) in [5, 5.41) is 9.52. The summed E-state index contributed by atoms with van der Waals surface area (Å²) in [7, 11) is 0. The van der Waals surface area contributed by atoms with Gasteiger partial charge < -0.3 is 0 Å². The van der Waals surface area contributed by atoms with E-state index in [4.69, 9.17) is 0 Å². The molecule has 1 aliphatic rings. The van der Waals surface area contributed by atoms with Crippen molar-refractivity contribution in [1.29, 1.82) is 0 Å². The zero-order valence-electron chi connectivity index (χ0n) is 12.1. The molecule has 104 valence electrons. The second-order valence-electron chi connectivity index (χ2n) is 6.80. The Hall–Kier alpha value is -1.49. The fourth-order valence-electron chi connectivity index (χ4n) is 3.25. The number of rotatable bonds is 0. The topological polar surface area (TPSA) is 43.1 Å². The molecule has 0 spiro atoms. The van der Waals surface area contributed by atoms with Gasteiger partial charge in [0.15, 0.2) is 5.65 Å². The van der Waals surface area contributed by atoms with Gasteiger partial charge in [-0.1, -0.05) is 20.8 Å². The minimum absolute atomic E-state index is 0.380. The summed E-state index contributed by atoms with van der Waals surface area (Å²) in [5.41, 5.74) is 2.81. The molecule has 4 nitrogen and oxygen atoms in total. The lowest BCUT2D eigenvalue weighted by atomic mass is 9.72. The molecule has 20 heavy (non-hydrogen) atoms. The van der Waals surface area contributed by atoms with E-state index in [-0.39, 0.29) is 0 Å². The second kappa shape index (κ2) is 4.01. The van der Waals surface area contributed by atoms with Crippen LogP contribution in [0.4, 0.5) is 0 Å². The van der Waals surface area contributed by atoms with Crippen molar-refractivity contribution in [3.05, 3.63) is 23.1 Å². The average Bonchev–Trinajstić information content (AvgIpc) is 2.99. The summed E-state index contributed by atoms with van der Waals surface area (Å²) in [6.45, 7) is 7.06. The third-order valence-corrected chi connectivity index (χ3v) is 5.73. The van der Waals surface area contributed by atoms with Crippen molar-refractivity contribution < 1.29 is 0 Å². The number of aromatic nitrogens is 4. The van der Waals surface area contributed by atoms with Gasteiger partial charge in [-0.25, -0.2) is 4.98 Å². The van der Waals surface area contributed by atoms with Crippen LogP contribution in [0.1, 0.15) is 37.6 Å². The number of aryl methyl sites for hydroxylation is 1. The summed E-state index contributed by atoms with van der Waals surface area (Å²) >= 11 is 1.85. The van der Waals surface area contributed by atoms with Crippen LogP contribution in [0.3, 0.4) is 0 Å². The Morgan fingerprint density at radius 2 is 2.15 bits per heavy atom. The van der Waals surface area contributed by atoms with E-state index in [1.807, 2.05) is 22.1 Å². The molecule has 0 bridgehead atoms. The van der Waals surface area contributed by atoms with Crippen molar-refractivity contribution in [2.45, 2.75) is 40.0 Å². The van der Waals surface area contributed by atoms with Crippen LogP contribution in [-0.4, -0.2) is 19.6 Å². The molecule has 0 aliphatic heterocycles. The Kier molecular flexibility index (Phi) is 2.46. The summed E-state index contributed by atoms with van der Waals surface area (Å²) in [5.74, 6) is 0.761. The maximum absolute atomic E-state index is 4.58. The number of hydrogen-bond acceptors (Lipinski definition) is 4. The van der Waals surface area contributed by atoms with Crippen LogP contribution in [0.15, 0.2) is 12.7 Å². The van der Waals surface area contributed by atoms with Gasteiger partial charge in [0.25, 0.3) is 0 Å². The van der Waals surface area contributed by atoms with Crippen LogP contribution in [0.2, 0.25) is 0 Å². The van der Waals surface area contributed by atoms with Crippen molar-refractivity contribution in [3.63, 3.8) is 0 Å². The first-order chi connectivity index (χ1) is 9.54. The predicted octanol–water partition coefficient (Wildman–Crippen LogP) is 3.49. The van der Waals surface area contributed by atoms with Gasteiger partial charge in [-0.05, 0) is 36.2 Å². The van der Waals surface area contributed by atoms with E-state index in [9.17, 15) is 0 Å². The molecule has 0 amide bonds. The molecule has 4 rings (SSSR count). The first-order valence-corrected chi connectivity index (χ1v) is 7.94. The summed E-state index contributed by atoms with van der Waals surface area (Å²) in [4.78, 5) is 7.20. The molecular weight excluding hydrogens is 268 g/mol. The summed E-state index contributed by atoms with van der Waals surface area (Å²) in [6.07, 6.45) is 7.14. The highest BCUT2D eigenvalue weighted by Gasteiger charge is 2.31. The lowest BCUT2D eigenvalue weighted by Crippen LogP contribution is -2.26. The van der Waals surface area contributed by atoms with Crippen molar-refractivity contribution in [2.75, 3.05) is 0 Å². The molecule has 1 unspecified atom stereocenters. The number of thiophene rings is 1. The SMILES string of the molecule is CC(C)(C)C1CCc2c(sc3ncn4cnnc4c23)C1. The highest BCUT2D eigenvalue weighted by atomic mass is 32.1. The average molecular weight is 286 g/mol. The Labute approximate surface area is 121 Å². The second-order valence-corrected chi connectivity index (χ2v) is 7.88. The molecule has 0 fully saturated rings. The summed E-state index contributed by atoms with van der Waals surface area (Å²) < 4.78 is 1.92. The van der Waals surface area contributed by atoms with Crippen LogP contribution in [0.5, 0.6) is 0 Å². The monoisotopic (exact) mass is 286 g/mol. The van der Waals surface area contributed by atoms with E-state index < -0.39 is 0 Å². The van der Waals surface area contributed by atoms with Gasteiger partial charge in [-0.2, -0.15) is 0 Å². The molecule has 3 aromatic rings. The minimum Gasteiger partial charge on any atom is -0.271 e. The van der Waals surface area contributed by atoms with Gasteiger partial charge in [0.1, 0.15) is 17.5 Å². The molecule has 0 N–H and O–H groups in total. The van der Waals surface area contributed by atoms with Crippen molar-refractivity contribution in [3.8, 4) is 0 Å². The maximum Gasteiger partial charge on any atom is 0.172 e. The molecule has 0 saturated carbocycles. The van der Waals surface area contributed by atoms with Crippen LogP contribution in [0.25, 0.3) is 15.9 Å². The lowest BCUT2D eigenvalue weighted by molar-refractivity contribution is 0.218. The molecular formula is C15H18N4S. The van der Waals surface area contributed by atoms with Gasteiger partial charge in [0.05, 0.1) is 5.39 Å². The third kappa shape index (κ3) is 1.69. The predicted molar refractivity (Wildman–Crippen MR) is 81.1 cm³/mol. The molecule has 5 heteroatoms. The van der Waals surface area contributed by atoms with Crippen LogP contribution in [-0.2, 0) is 12.8 Å². The Balaban J connectivity index is 1.91. The van der Waals surface area contributed by atoms with E-state index in [1.165, 1.54) is 28.7 Å². The molecule has 3 aromatic heterocycles. The van der Waals surface area contributed by atoms with E-state index in [2.05, 4.69) is 36.0 Å². The van der Waals surface area contributed by atoms with Crippen LogP contribution in [0, 0.1) is 11.3 Å². The van der Waals surface area contributed by atoms with Crippen molar-refractivity contribution >= 4 is 27.2 Å². The van der Waals surface area contributed by atoms with Gasteiger partial charge in [-0.3, -0.25) is 4.40 Å². The summed E-state index contributed by atoms with van der Waals surface area (Å²) in [6, 6.07) is 0. The Bertz CT molecular complexity index is 793. The maximum atomic E-state index is 4.58. The van der Waals surface area contributed by atoms with Crippen molar-refractivity contribution in [2.24, 2.45) is 11.3 Å². The van der Waals surface area contributed by atoms with E-state index in [0.29, 0.717) is 5.41 Å². The molecule has 0 aromatic carbocycles. The largest absolute Gasteiger partial charge is 0.271 e. The first-order valence-electron chi connectivity index (χ1n) is 7.12. The molecule has 3 heterocycles. The zero-order chi connectivity index (χ0) is 13.9. The number of nitrogens with zero attached hydrogens (tertiary/aromatic N) is 4. The number of fused-ring (bicyclic) bond motifs is 5. The van der Waals surface area contributed by atoms with Gasteiger partial charge in [0.2, 0.25) is 0 Å². The smallest absolute Gasteiger partial charge is 0.172 e. The minimum atomic E-state index is 0.380. The van der Waals surface area contributed by atoms with E-state index in [0.717, 1.165) is 22.8 Å². The van der Waals surface area contributed by atoms with Gasteiger partial charge in [0, 0.05) is 4.88 Å². The normalized spacial score (nSPS) is 19.6. The molecule has 1 atom stereocenters. The highest BCUT2D eigenvalue weighted by Crippen LogP contribution is 2.43. The number of hydrogen-bond donors (Lipinski definition) is 0.